The summed E-state index contributed by atoms with van der Waals surface area (Å²) in [5.41, 5.74) is 6.69. The van der Waals surface area contributed by atoms with Gasteiger partial charge < -0.3 is 5.73 Å². The predicted molar refractivity (Wildman–Crippen MR) is 90.6 cm³/mol. The summed E-state index contributed by atoms with van der Waals surface area (Å²) < 4.78 is 0. The van der Waals surface area contributed by atoms with Gasteiger partial charge in [-0.2, -0.15) is 0 Å². The van der Waals surface area contributed by atoms with Gasteiger partial charge in [0, 0.05) is 5.69 Å². The topological polar surface area (TPSA) is 26.0 Å². The van der Waals surface area contributed by atoms with Gasteiger partial charge in [0.15, 0.2) is 0 Å². The molecule has 20 heavy (non-hydrogen) atoms. The van der Waals surface area contributed by atoms with Gasteiger partial charge >= 0.3 is 0 Å². The maximum Gasteiger partial charge on any atom is 0.0320 e. The third-order valence-corrected chi connectivity index (χ3v) is 3.75. The number of hydrogen-bond acceptors (Lipinski definition) is 1. The van der Waals surface area contributed by atoms with Crippen LogP contribution < -0.4 is 5.73 Å². The highest BCUT2D eigenvalue weighted by Crippen LogP contribution is 2.32. The number of fused-ring (bicyclic) bond motifs is 5. The second-order valence-corrected chi connectivity index (χ2v) is 4.93. The van der Waals surface area contributed by atoms with Crippen LogP contribution in [0.5, 0.6) is 0 Å². The third-order valence-electron chi connectivity index (χ3n) is 3.75. The monoisotopic (exact) mass is 279 g/mol. The number of halogens is 1. The van der Waals surface area contributed by atoms with Gasteiger partial charge in [0.05, 0.1) is 0 Å². The normalized spacial score (nSPS) is 10.8. The Morgan fingerprint density at radius 2 is 1.25 bits per heavy atom. The molecule has 4 aromatic carbocycles. The van der Waals surface area contributed by atoms with Crippen LogP contribution in [0.1, 0.15) is 0 Å². The van der Waals surface area contributed by atoms with Gasteiger partial charge in [0.25, 0.3) is 0 Å². The number of anilines is 1. The third kappa shape index (κ3) is 1.79. The first kappa shape index (κ1) is 12.8. The van der Waals surface area contributed by atoms with Gasteiger partial charge in [-0.15, -0.1) is 12.4 Å². The van der Waals surface area contributed by atoms with Crippen LogP contribution in [0.3, 0.4) is 0 Å². The molecule has 0 aliphatic heterocycles. The summed E-state index contributed by atoms with van der Waals surface area (Å²) in [6, 6.07) is 23.3. The molecule has 0 spiro atoms. The highest BCUT2D eigenvalue weighted by molar-refractivity contribution is 6.20. The van der Waals surface area contributed by atoms with E-state index in [1.807, 2.05) is 12.1 Å². The molecule has 0 bridgehead atoms. The van der Waals surface area contributed by atoms with Crippen LogP contribution in [0, 0.1) is 0 Å². The van der Waals surface area contributed by atoms with Crippen molar-refractivity contribution in [2.45, 2.75) is 0 Å². The fraction of sp³-hybridized carbons (Fsp3) is 0. The van der Waals surface area contributed by atoms with Crippen molar-refractivity contribution in [3.05, 3.63) is 66.7 Å². The van der Waals surface area contributed by atoms with Crippen LogP contribution in [0.15, 0.2) is 66.7 Å². The summed E-state index contributed by atoms with van der Waals surface area (Å²) in [7, 11) is 0. The molecule has 1 nitrogen and oxygen atoms in total. The average molecular weight is 280 g/mol. The van der Waals surface area contributed by atoms with E-state index in [1.54, 1.807) is 0 Å². The smallest absolute Gasteiger partial charge is 0.0320 e. The molecule has 0 fully saturated rings. The SMILES string of the molecule is Cl.Nc1ccc2c(ccc3ccc4ccccc4c32)c1. The Balaban J connectivity index is 0.00000121. The lowest BCUT2D eigenvalue weighted by molar-refractivity contribution is 1.75. The first-order valence-electron chi connectivity index (χ1n) is 6.43. The largest absolute Gasteiger partial charge is 0.399 e. The Kier molecular flexibility index (Phi) is 3.00. The van der Waals surface area contributed by atoms with Crippen molar-refractivity contribution >= 4 is 50.4 Å². The minimum Gasteiger partial charge on any atom is -0.399 e. The minimum absolute atomic E-state index is 0. The van der Waals surface area contributed by atoms with Crippen molar-refractivity contribution in [2.75, 3.05) is 5.73 Å². The van der Waals surface area contributed by atoms with E-state index >= 15 is 0 Å². The van der Waals surface area contributed by atoms with Crippen molar-refractivity contribution in [3.63, 3.8) is 0 Å². The molecule has 0 aliphatic carbocycles. The molecule has 0 saturated carbocycles. The molecular weight excluding hydrogens is 266 g/mol. The van der Waals surface area contributed by atoms with E-state index in [0.29, 0.717) is 0 Å². The van der Waals surface area contributed by atoms with E-state index in [-0.39, 0.29) is 12.4 Å². The predicted octanol–water partition coefficient (Wildman–Crippen LogP) is 5.15. The molecule has 0 heterocycles. The molecule has 0 atom stereocenters. The van der Waals surface area contributed by atoms with E-state index in [0.717, 1.165) is 5.69 Å². The lowest BCUT2D eigenvalue weighted by Crippen LogP contribution is -1.85. The fourth-order valence-electron chi connectivity index (χ4n) is 2.85. The first-order valence-corrected chi connectivity index (χ1v) is 6.43. The molecule has 98 valence electrons. The van der Waals surface area contributed by atoms with Gasteiger partial charge in [-0.1, -0.05) is 54.6 Å². The van der Waals surface area contributed by atoms with Gasteiger partial charge in [0.2, 0.25) is 0 Å². The molecule has 0 radical (unpaired) electrons. The zero-order chi connectivity index (χ0) is 12.8. The van der Waals surface area contributed by atoms with Crippen molar-refractivity contribution in [3.8, 4) is 0 Å². The summed E-state index contributed by atoms with van der Waals surface area (Å²) in [6.45, 7) is 0. The maximum atomic E-state index is 5.88. The second kappa shape index (κ2) is 4.69. The van der Waals surface area contributed by atoms with Gasteiger partial charge in [-0.05, 0) is 44.5 Å². The van der Waals surface area contributed by atoms with Gasteiger partial charge in [-0.3, -0.25) is 0 Å². The number of nitrogens with two attached hydrogens (primary N) is 1. The van der Waals surface area contributed by atoms with Crippen LogP contribution in [-0.4, -0.2) is 0 Å². The van der Waals surface area contributed by atoms with Crippen LogP contribution in [-0.2, 0) is 0 Å². The molecule has 0 amide bonds. The molecule has 0 aliphatic rings. The molecule has 4 aromatic rings. The quantitative estimate of drug-likeness (QED) is 0.350. The van der Waals surface area contributed by atoms with Crippen molar-refractivity contribution < 1.29 is 0 Å². The minimum atomic E-state index is 0. The molecule has 0 aromatic heterocycles. The Morgan fingerprint density at radius 1 is 0.600 bits per heavy atom. The Labute approximate surface area is 123 Å². The van der Waals surface area contributed by atoms with Gasteiger partial charge in [0.1, 0.15) is 0 Å². The number of benzene rings is 4. The molecule has 2 N–H and O–H groups in total. The lowest BCUT2D eigenvalue weighted by atomic mass is 9.96. The Bertz CT molecular complexity index is 928. The average Bonchev–Trinajstić information content (AvgIpc) is 2.46. The zero-order valence-electron chi connectivity index (χ0n) is 10.8. The van der Waals surface area contributed by atoms with Crippen molar-refractivity contribution in [1.82, 2.24) is 0 Å². The number of rotatable bonds is 0. The Morgan fingerprint density at radius 3 is 2.10 bits per heavy atom. The van der Waals surface area contributed by atoms with Crippen molar-refractivity contribution in [1.29, 1.82) is 0 Å². The van der Waals surface area contributed by atoms with Crippen LogP contribution >= 0.6 is 12.4 Å². The van der Waals surface area contributed by atoms with E-state index in [9.17, 15) is 0 Å². The fourth-order valence-corrected chi connectivity index (χ4v) is 2.85. The molecule has 2 heteroatoms. The molecular formula is C18H14ClN. The highest BCUT2D eigenvalue weighted by atomic mass is 35.5. The Hall–Kier alpha value is -2.25. The second-order valence-electron chi connectivity index (χ2n) is 4.93. The summed E-state index contributed by atoms with van der Waals surface area (Å²) in [5, 5.41) is 7.63. The summed E-state index contributed by atoms with van der Waals surface area (Å²) in [4.78, 5) is 0. The summed E-state index contributed by atoms with van der Waals surface area (Å²) in [6.07, 6.45) is 0. The van der Waals surface area contributed by atoms with Crippen LogP contribution in [0.4, 0.5) is 5.69 Å². The van der Waals surface area contributed by atoms with Crippen molar-refractivity contribution in [2.24, 2.45) is 0 Å². The summed E-state index contributed by atoms with van der Waals surface area (Å²) >= 11 is 0. The first-order chi connectivity index (χ1) is 9.33. The van der Waals surface area contributed by atoms with E-state index < -0.39 is 0 Å². The lowest BCUT2D eigenvalue weighted by Gasteiger charge is -2.08. The van der Waals surface area contributed by atoms with Crippen LogP contribution in [0.25, 0.3) is 32.3 Å². The standard InChI is InChI=1S/C18H13N.ClH/c19-15-9-10-17-14(11-15)8-7-13-6-5-12-3-1-2-4-16(12)18(13)17;/h1-11H,19H2;1H. The van der Waals surface area contributed by atoms with E-state index in [1.165, 1.54) is 32.3 Å². The van der Waals surface area contributed by atoms with Crippen LogP contribution in [0.2, 0.25) is 0 Å². The number of nitrogen functional groups attached to an aromatic ring is 1. The highest BCUT2D eigenvalue weighted by Gasteiger charge is 2.04. The maximum absolute atomic E-state index is 5.88. The summed E-state index contributed by atoms with van der Waals surface area (Å²) in [5.74, 6) is 0. The number of hydrogen-bond donors (Lipinski definition) is 1. The molecule has 4 rings (SSSR count). The zero-order valence-corrected chi connectivity index (χ0v) is 11.7. The van der Waals surface area contributed by atoms with E-state index in [4.69, 9.17) is 5.73 Å². The van der Waals surface area contributed by atoms with E-state index in [2.05, 4.69) is 54.6 Å². The van der Waals surface area contributed by atoms with Gasteiger partial charge in [-0.25, -0.2) is 0 Å². The molecule has 0 saturated heterocycles. The molecule has 0 unspecified atom stereocenters.